The maximum absolute atomic E-state index is 13.6. The van der Waals surface area contributed by atoms with E-state index in [0.717, 1.165) is 19.5 Å². The van der Waals surface area contributed by atoms with Gasteiger partial charge < -0.3 is 10.6 Å². The molecule has 0 aromatic heterocycles. The number of nitrogens with one attached hydrogen (secondary N) is 2. The van der Waals surface area contributed by atoms with E-state index in [1.165, 1.54) is 11.6 Å². The molecule has 2 aromatic rings. The number of benzene rings is 2. The topological polar surface area (TPSA) is 36.4 Å². The quantitative estimate of drug-likeness (QED) is 0.419. The standard InChI is InChI=1S/C18H22FN3.HI/c1-2-20-18(21-13-12-15-8-4-3-5-9-15)22-14-16-10-6-7-11-17(16)19;/h3-11H,2,12-14H2,1H3,(H2,20,21,22);1H. The normalized spacial score (nSPS) is 10.8. The van der Waals surface area contributed by atoms with Crippen LogP contribution in [0.5, 0.6) is 0 Å². The van der Waals surface area contributed by atoms with Gasteiger partial charge in [-0.25, -0.2) is 9.38 Å². The van der Waals surface area contributed by atoms with Crippen molar-refractivity contribution in [2.45, 2.75) is 19.9 Å². The zero-order chi connectivity index (χ0) is 15.6. The van der Waals surface area contributed by atoms with Crippen molar-refractivity contribution in [3.63, 3.8) is 0 Å². The van der Waals surface area contributed by atoms with Gasteiger partial charge in [-0.1, -0.05) is 48.5 Å². The summed E-state index contributed by atoms with van der Waals surface area (Å²) in [5, 5.41) is 6.45. The average Bonchev–Trinajstić information content (AvgIpc) is 2.55. The molecule has 2 rings (SSSR count). The number of hydrogen-bond acceptors (Lipinski definition) is 1. The predicted molar refractivity (Wildman–Crippen MR) is 105 cm³/mol. The SMILES string of the molecule is CCNC(=NCc1ccccc1F)NCCc1ccccc1.I. The number of nitrogens with zero attached hydrogens (tertiary/aromatic N) is 1. The van der Waals surface area contributed by atoms with Crippen molar-refractivity contribution in [2.24, 2.45) is 4.99 Å². The zero-order valence-electron chi connectivity index (χ0n) is 13.3. The first-order valence-corrected chi connectivity index (χ1v) is 7.59. The zero-order valence-corrected chi connectivity index (χ0v) is 15.6. The molecule has 5 heteroatoms. The highest BCUT2D eigenvalue weighted by molar-refractivity contribution is 14.0. The van der Waals surface area contributed by atoms with Crippen LogP contribution in [-0.2, 0) is 13.0 Å². The Kier molecular flexibility index (Phi) is 9.28. The molecule has 0 radical (unpaired) electrons. The summed E-state index contributed by atoms with van der Waals surface area (Å²) in [7, 11) is 0. The van der Waals surface area contributed by atoms with Crippen LogP contribution in [-0.4, -0.2) is 19.0 Å². The van der Waals surface area contributed by atoms with Crippen LogP contribution in [0.15, 0.2) is 59.6 Å². The van der Waals surface area contributed by atoms with E-state index in [-0.39, 0.29) is 29.8 Å². The molecular weight excluding hydrogens is 404 g/mol. The van der Waals surface area contributed by atoms with Gasteiger partial charge in [0.15, 0.2) is 5.96 Å². The fraction of sp³-hybridized carbons (Fsp3) is 0.278. The minimum absolute atomic E-state index is 0. The summed E-state index contributed by atoms with van der Waals surface area (Å²) in [6.45, 7) is 3.90. The Morgan fingerprint density at radius 2 is 1.70 bits per heavy atom. The minimum Gasteiger partial charge on any atom is -0.357 e. The second-order valence-corrected chi connectivity index (χ2v) is 4.95. The molecule has 0 aliphatic carbocycles. The monoisotopic (exact) mass is 427 g/mol. The van der Waals surface area contributed by atoms with Gasteiger partial charge in [0.2, 0.25) is 0 Å². The Hall–Kier alpha value is -1.63. The molecule has 0 spiro atoms. The minimum atomic E-state index is -0.216. The molecule has 0 bridgehead atoms. The van der Waals surface area contributed by atoms with Crippen LogP contribution in [0.25, 0.3) is 0 Å². The number of aliphatic imine (C=N–C) groups is 1. The van der Waals surface area contributed by atoms with E-state index in [9.17, 15) is 4.39 Å². The molecule has 0 unspecified atom stereocenters. The third kappa shape index (κ3) is 6.99. The summed E-state index contributed by atoms with van der Waals surface area (Å²) >= 11 is 0. The lowest BCUT2D eigenvalue weighted by Crippen LogP contribution is -2.38. The lowest BCUT2D eigenvalue weighted by Gasteiger charge is -2.11. The second kappa shape index (κ2) is 11.0. The summed E-state index contributed by atoms with van der Waals surface area (Å²) in [5.41, 5.74) is 1.88. The van der Waals surface area contributed by atoms with Crippen LogP contribution in [0.1, 0.15) is 18.1 Å². The van der Waals surface area contributed by atoms with Crippen molar-refractivity contribution in [3.05, 3.63) is 71.5 Å². The van der Waals surface area contributed by atoms with Gasteiger partial charge in [-0.2, -0.15) is 0 Å². The number of guanidine groups is 1. The van der Waals surface area contributed by atoms with Crippen LogP contribution in [0, 0.1) is 5.82 Å². The van der Waals surface area contributed by atoms with E-state index in [1.807, 2.05) is 31.2 Å². The fourth-order valence-electron chi connectivity index (χ4n) is 2.10. The van der Waals surface area contributed by atoms with Gasteiger partial charge in [-0.05, 0) is 25.0 Å². The molecule has 0 atom stereocenters. The highest BCUT2D eigenvalue weighted by Gasteiger charge is 2.01. The third-order valence-electron chi connectivity index (χ3n) is 3.26. The van der Waals surface area contributed by atoms with E-state index in [4.69, 9.17) is 0 Å². The molecule has 2 aromatic carbocycles. The summed E-state index contributed by atoms with van der Waals surface area (Å²) in [4.78, 5) is 4.43. The van der Waals surface area contributed by atoms with Crippen LogP contribution >= 0.6 is 24.0 Å². The predicted octanol–water partition coefficient (Wildman–Crippen LogP) is 3.74. The van der Waals surface area contributed by atoms with E-state index >= 15 is 0 Å². The maximum atomic E-state index is 13.6. The first-order valence-electron chi connectivity index (χ1n) is 7.59. The summed E-state index contributed by atoms with van der Waals surface area (Å²) in [5.74, 6) is 0.494. The Balaban J connectivity index is 0.00000264. The Bertz CT molecular complexity index is 602. The molecule has 0 amide bonds. The van der Waals surface area contributed by atoms with Crippen LogP contribution in [0.2, 0.25) is 0 Å². The highest BCUT2D eigenvalue weighted by atomic mass is 127. The summed E-state index contributed by atoms with van der Waals surface area (Å²) < 4.78 is 13.6. The van der Waals surface area contributed by atoms with Crippen molar-refractivity contribution in [1.29, 1.82) is 0 Å². The number of rotatable bonds is 6. The van der Waals surface area contributed by atoms with Gasteiger partial charge in [-0.15, -0.1) is 24.0 Å². The van der Waals surface area contributed by atoms with Crippen LogP contribution < -0.4 is 10.6 Å². The molecule has 23 heavy (non-hydrogen) atoms. The van der Waals surface area contributed by atoms with Gasteiger partial charge in [0.05, 0.1) is 6.54 Å². The largest absolute Gasteiger partial charge is 0.357 e. The van der Waals surface area contributed by atoms with E-state index < -0.39 is 0 Å². The Morgan fingerprint density at radius 3 is 2.39 bits per heavy atom. The molecule has 124 valence electrons. The first-order chi connectivity index (χ1) is 10.8. The fourth-order valence-corrected chi connectivity index (χ4v) is 2.10. The molecular formula is C18H23FIN3. The van der Waals surface area contributed by atoms with E-state index in [0.29, 0.717) is 18.1 Å². The molecule has 0 saturated carbocycles. The van der Waals surface area contributed by atoms with Crippen LogP contribution in [0.4, 0.5) is 4.39 Å². The van der Waals surface area contributed by atoms with Crippen molar-refractivity contribution in [3.8, 4) is 0 Å². The van der Waals surface area contributed by atoms with Crippen molar-refractivity contribution >= 4 is 29.9 Å². The average molecular weight is 427 g/mol. The molecule has 0 fully saturated rings. The lowest BCUT2D eigenvalue weighted by molar-refractivity contribution is 0.610. The van der Waals surface area contributed by atoms with Crippen molar-refractivity contribution in [1.82, 2.24) is 10.6 Å². The van der Waals surface area contributed by atoms with Gasteiger partial charge >= 0.3 is 0 Å². The third-order valence-corrected chi connectivity index (χ3v) is 3.26. The molecule has 0 aliphatic rings. The number of hydrogen-bond donors (Lipinski definition) is 2. The smallest absolute Gasteiger partial charge is 0.191 e. The molecule has 3 nitrogen and oxygen atoms in total. The number of halogens is 2. The van der Waals surface area contributed by atoms with Gasteiger partial charge in [0, 0.05) is 18.7 Å². The maximum Gasteiger partial charge on any atom is 0.191 e. The van der Waals surface area contributed by atoms with Crippen molar-refractivity contribution in [2.75, 3.05) is 13.1 Å². The Labute approximate surface area is 154 Å². The lowest BCUT2D eigenvalue weighted by atomic mass is 10.1. The summed E-state index contributed by atoms with van der Waals surface area (Å²) in [6.07, 6.45) is 0.922. The molecule has 0 heterocycles. The Morgan fingerprint density at radius 1 is 1.00 bits per heavy atom. The van der Waals surface area contributed by atoms with Gasteiger partial charge in [0.25, 0.3) is 0 Å². The van der Waals surface area contributed by atoms with Crippen LogP contribution in [0.3, 0.4) is 0 Å². The molecule has 0 aliphatic heterocycles. The van der Waals surface area contributed by atoms with Gasteiger partial charge in [-0.3, -0.25) is 0 Å². The molecule has 2 N–H and O–H groups in total. The van der Waals surface area contributed by atoms with Gasteiger partial charge in [0.1, 0.15) is 5.82 Å². The van der Waals surface area contributed by atoms with E-state index in [1.54, 1.807) is 12.1 Å². The highest BCUT2D eigenvalue weighted by Crippen LogP contribution is 2.07. The second-order valence-electron chi connectivity index (χ2n) is 4.95. The van der Waals surface area contributed by atoms with Crippen molar-refractivity contribution < 1.29 is 4.39 Å². The molecule has 0 saturated heterocycles. The summed E-state index contributed by atoms with van der Waals surface area (Å²) in [6, 6.07) is 17.0. The first kappa shape index (κ1) is 19.4. The van der Waals surface area contributed by atoms with E-state index in [2.05, 4.69) is 27.8 Å².